The molecule has 0 fully saturated rings. The Kier molecular flexibility index (Phi) is 6.32. The van der Waals surface area contributed by atoms with Gasteiger partial charge in [0.2, 0.25) is 0 Å². The molecule has 2 aromatic rings. The average molecular weight is 373 g/mol. The maximum atomic E-state index is 11.3. The van der Waals surface area contributed by atoms with Crippen LogP contribution in [0, 0.1) is 10.1 Å². The molecule has 0 aliphatic heterocycles. The van der Waals surface area contributed by atoms with Crippen molar-refractivity contribution >= 4 is 23.6 Å². The molecule has 27 heavy (non-hydrogen) atoms. The highest BCUT2D eigenvalue weighted by Crippen LogP contribution is 2.34. The third-order valence-corrected chi connectivity index (χ3v) is 3.40. The van der Waals surface area contributed by atoms with Gasteiger partial charge in [-0.15, -0.1) is 0 Å². The Balaban J connectivity index is 2.28. The van der Waals surface area contributed by atoms with Crippen LogP contribution in [0.4, 0.5) is 11.4 Å². The van der Waals surface area contributed by atoms with Crippen LogP contribution in [0.15, 0.2) is 41.5 Å². The quantitative estimate of drug-likeness (QED) is 0.412. The zero-order valence-electron chi connectivity index (χ0n) is 15.0. The number of hydrogen-bond acceptors (Lipinski definition) is 7. The van der Waals surface area contributed by atoms with Crippen molar-refractivity contribution < 1.29 is 24.3 Å². The van der Waals surface area contributed by atoms with E-state index >= 15 is 0 Å². The van der Waals surface area contributed by atoms with Crippen LogP contribution in [0.2, 0.25) is 0 Å². The molecule has 0 aliphatic carbocycles. The number of carboxylic acids is 1. The van der Waals surface area contributed by atoms with Crippen molar-refractivity contribution in [3.63, 3.8) is 0 Å². The molecule has 0 radical (unpaired) electrons. The summed E-state index contributed by atoms with van der Waals surface area (Å²) in [6.07, 6.45) is 1.14. The van der Waals surface area contributed by atoms with Crippen LogP contribution in [0.5, 0.6) is 11.5 Å². The number of anilines is 1. The first kappa shape index (κ1) is 19.7. The zero-order chi connectivity index (χ0) is 20.0. The summed E-state index contributed by atoms with van der Waals surface area (Å²) in [6, 6.07) is 8.68. The van der Waals surface area contributed by atoms with E-state index in [9.17, 15) is 14.9 Å². The van der Waals surface area contributed by atoms with Crippen molar-refractivity contribution in [2.75, 3.05) is 12.5 Å². The van der Waals surface area contributed by atoms with Gasteiger partial charge >= 0.3 is 5.97 Å². The second kappa shape index (κ2) is 8.65. The monoisotopic (exact) mass is 373 g/mol. The molecule has 2 N–H and O–H groups in total. The second-order valence-electron chi connectivity index (χ2n) is 5.74. The molecule has 142 valence electrons. The van der Waals surface area contributed by atoms with Crippen LogP contribution in [0.25, 0.3) is 0 Å². The van der Waals surface area contributed by atoms with E-state index in [1.165, 1.54) is 49.7 Å². The Hall–Kier alpha value is -3.62. The van der Waals surface area contributed by atoms with Crippen LogP contribution in [-0.2, 0) is 0 Å². The van der Waals surface area contributed by atoms with Gasteiger partial charge in [0.05, 0.1) is 47.2 Å². The van der Waals surface area contributed by atoms with Crippen LogP contribution in [0.1, 0.15) is 29.8 Å². The van der Waals surface area contributed by atoms with Gasteiger partial charge in [0.1, 0.15) is 0 Å². The first-order valence-corrected chi connectivity index (χ1v) is 7.97. The molecular weight excluding hydrogens is 354 g/mol. The molecule has 9 heteroatoms. The number of nitrogens with one attached hydrogen (secondary N) is 1. The Morgan fingerprint density at radius 2 is 1.93 bits per heavy atom. The van der Waals surface area contributed by atoms with E-state index in [2.05, 4.69) is 10.5 Å². The third kappa shape index (κ3) is 5.18. The summed E-state index contributed by atoms with van der Waals surface area (Å²) in [6.45, 7) is 3.66. The fraction of sp³-hybridized carbons (Fsp3) is 0.222. The number of nitro benzene ring substituents is 1. The maximum absolute atomic E-state index is 11.3. The van der Waals surface area contributed by atoms with Crippen molar-refractivity contribution in [1.82, 2.24) is 0 Å². The lowest BCUT2D eigenvalue weighted by Crippen LogP contribution is -2.08. The lowest BCUT2D eigenvalue weighted by Gasteiger charge is -2.14. The van der Waals surface area contributed by atoms with Gasteiger partial charge in [-0.2, -0.15) is 5.10 Å². The summed E-state index contributed by atoms with van der Waals surface area (Å²) < 4.78 is 10.8. The third-order valence-electron chi connectivity index (χ3n) is 3.40. The fourth-order valence-electron chi connectivity index (χ4n) is 2.20. The molecule has 0 bridgehead atoms. The number of hydrazone groups is 1. The first-order chi connectivity index (χ1) is 12.8. The molecule has 0 heterocycles. The first-order valence-electron chi connectivity index (χ1n) is 7.97. The minimum atomic E-state index is -1.03. The van der Waals surface area contributed by atoms with Gasteiger partial charge in [-0.25, -0.2) is 4.79 Å². The standard InChI is InChI=1S/C18H19N3O6/c1-11(2)27-17-8-13(15(21(24)25)9-16(17)26-3)10-19-20-14-6-4-12(5-7-14)18(22)23/h4-11,20H,1-3H3,(H,22,23). The van der Waals surface area contributed by atoms with Crippen molar-refractivity contribution in [2.24, 2.45) is 5.10 Å². The van der Waals surface area contributed by atoms with Crippen molar-refractivity contribution in [3.05, 3.63) is 57.6 Å². The van der Waals surface area contributed by atoms with Crippen molar-refractivity contribution in [2.45, 2.75) is 20.0 Å². The normalized spacial score (nSPS) is 10.8. The molecule has 0 unspecified atom stereocenters. The molecule has 0 atom stereocenters. The Morgan fingerprint density at radius 3 is 2.44 bits per heavy atom. The van der Waals surface area contributed by atoms with E-state index in [-0.39, 0.29) is 28.7 Å². The van der Waals surface area contributed by atoms with Crippen LogP contribution >= 0.6 is 0 Å². The topological polar surface area (TPSA) is 123 Å². The summed E-state index contributed by atoms with van der Waals surface area (Å²) in [7, 11) is 1.41. The predicted octanol–water partition coefficient (Wildman–Crippen LogP) is 3.53. The molecule has 2 aromatic carbocycles. The van der Waals surface area contributed by atoms with Crippen LogP contribution in [0.3, 0.4) is 0 Å². The Bertz CT molecular complexity index is 862. The van der Waals surface area contributed by atoms with Gasteiger partial charge in [-0.3, -0.25) is 15.5 Å². The molecule has 0 spiro atoms. The van der Waals surface area contributed by atoms with Gasteiger partial charge in [-0.05, 0) is 44.2 Å². The Labute approximate surface area is 155 Å². The minimum absolute atomic E-state index is 0.143. The molecule has 9 nitrogen and oxygen atoms in total. The summed E-state index contributed by atoms with van der Waals surface area (Å²) >= 11 is 0. The Morgan fingerprint density at radius 1 is 1.26 bits per heavy atom. The number of nitrogens with zero attached hydrogens (tertiary/aromatic N) is 2. The van der Waals surface area contributed by atoms with Crippen LogP contribution in [-0.4, -0.2) is 35.4 Å². The highest BCUT2D eigenvalue weighted by atomic mass is 16.6. The number of carbonyl (C=O) groups is 1. The van der Waals surface area contributed by atoms with E-state index in [4.69, 9.17) is 14.6 Å². The number of ether oxygens (including phenoxy) is 2. The maximum Gasteiger partial charge on any atom is 0.335 e. The van der Waals surface area contributed by atoms with Crippen molar-refractivity contribution in [1.29, 1.82) is 0 Å². The molecule has 0 saturated heterocycles. The van der Waals surface area contributed by atoms with Gasteiger partial charge in [0, 0.05) is 0 Å². The number of benzene rings is 2. The largest absolute Gasteiger partial charge is 0.493 e. The lowest BCUT2D eigenvalue weighted by atomic mass is 10.1. The number of nitro groups is 1. The number of hydrogen-bond donors (Lipinski definition) is 2. The number of carboxylic acid groups (broad SMARTS) is 1. The summed E-state index contributed by atoms with van der Waals surface area (Å²) in [5.41, 5.74) is 3.42. The van der Waals surface area contributed by atoms with E-state index in [1.807, 2.05) is 13.8 Å². The van der Waals surface area contributed by atoms with E-state index in [0.717, 1.165) is 0 Å². The number of aromatic carboxylic acids is 1. The summed E-state index contributed by atoms with van der Waals surface area (Å²) in [5, 5.41) is 24.2. The second-order valence-corrected chi connectivity index (χ2v) is 5.74. The lowest BCUT2D eigenvalue weighted by molar-refractivity contribution is -0.385. The van der Waals surface area contributed by atoms with Crippen molar-refractivity contribution in [3.8, 4) is 11.5 Å². The average Bonchev–Trinajstić information content (AvgIpc) is 2.61. The van der Waals surface area contributed by atoms with E-state index in [0.29, 0.717) is 11.4 Å². The molecular formula is C18H19N3O6. The molecule has 2 rings (SSSR count). The molecule has 0 aliphatic rings. The van der Waals surface area contributed by atoms with E-state index < -0.39 is 10.9 Å². The molecule has 0 amide bonds. The number of rotatable bonds is 8. The van der Waals surface area contributed by atoms with Gasteiger partial charge in [-0.1, -0.05) is 0 Å². The molecule has 0 saturated carbocycles. The van der Waals surface area contributed by atoms with Crippen LogP contribution < -0.4 is 14.9 Å². The highest BCUT2D eigenvalue weighted by Gasteiger charge is 2.19. The van der Waals surface area contributed by atoms with E-state index in [1.54, 1.807) is 0 Å². The summed E-state index contributed by atoms with van der Waals surface area (Å²) in [5.74, 6) is -0.410. The van der Waals surface area contributed by atoms with Gasteiger partial charge in [0.25, 0.3) is 5.69 Å². The zero-order valence-corrected chi connectivity index (χ0v) is 15.0. The summed E-state index contributed by atoms with van der Waals surface area (Å²) in [4.78, 5) is 21.6. The minimum Gasteiger partial charge on any atom is -0.493 e. The van der Waals surface area contributed by atoms with Gasteiger partial charge in [0.15, 0.2) is 11.5 Å². The smallest absolute Gasteiger partial charge is 0.335 e. The molecule has 0 aromatic heterocycles. The predicted molar refractivity (Wildman–Crippen MR) is 100 cm³/mol. The highest BCUT2D eigenvalue weighted by molar-refractivity contribution is 5.88. The SMILES string of the molecule is COc1cc([N+](=O)[O-])c(C=NNc2ccc(C(=O)O)cc2)cc1OC(C)C. The number of methoxy groups -OCH3 is 1. The van der Waals surface area contributed by atoms with Gasteiger partial charge < -0.3 is 14.6 Å². The fourth-order valence-corrected chi connectivity index (χ4v) is 2.20.